The summed E-state index contributed by atoms with van der Waals surface area (Å²) < 4.78 is 23.0. The molecule has 0 aliphatic carbocycles. The number of methoxy groups -OCH3 is 2. The highest BCUT2D eigenvalue weighted by molar-refractivity contribution is 14.1. The summed E-state index contributed by atoms with van der Waals surface area (Å²) in [5, 5.41) is 11.5. The summed E-state index contributed by atoms with van der Waals surface area (Å²) in [5.41, 5.74) is -0.515. The Kier molecular flexibility index (Phi) is 6.10. The Morgan fingerprint density at radius 3 is 2.57 bits per heavy atom. The van der Waals surface area contributed by atoms with Gasteiger partial charge in [-0.1, -0.05) is 0 Å². The number of halogens is 2. The van der Waals surface area contributed by atoms with Crippen LogP contribution in [0.15, 0.2) is 23.9 Å². The molecule has 21 heavy (non-hydrogen) atoms. The minimum absolute atomic E-state index is 0.0379. The van der Waals surface area contributed by atoms with Crippen LogP contribution in [0.5, 0.6) is 0 Å². The van der Waals surface area contributed by atoms with E-state index in [1.807, 2.05) is 0 Å². The average Bonchev–Trinajstić information content (AvgIpc) is 2.49. The quantitative estimate of drug-likeness (QED) is 0.469. The smallest absolute Gasteiger partial charge is 0.354 e. The molecule has 1 aromatic rings. The SMILES string of the molecule is COC(=O)/C=C(/Nc1ccc(I)c(F)c1C#N)C(=O)OC. The maximum Gasteiger partial charge on any atom is 0.354 e. The van der Waals surface area contributed by atoms with E-state index in [2.05, 4.69) is 14.8 Å². The third-order valence-corrected chi connectivity index (χ3v) is 3.18. The second-order valence-electron chi connectivity index (χ2n) is 3.59. The predicted molar refractivity (Wildman–Crippen MR) is 79.6 cm³/mol. The van der Waals surface area contributed by atoms with Crippen LogP contribution in [0.1, 0.15) is 5.56 Å². The minimum atomic E-state index is -0.858. The molecule has 0 aliphatic heterocycles. The lowest BCUT2D eigenvalue weighted by Crippen LogP contribution is -2.16. The molecule has 0 heterocycles. The van der Waals surface area contributed by atoms with E-state index in [9.17, 15) is 14.0 Å². The van der Waals surface area contributed by atoms with Gasteiger partial charge in [-0.2, -0.15) is 5.26 Å². The molecule has 0 aromatic heterocycles. The number of hydrogen-bond acceptors (Lipinski definition) is 6. The van der Waals surface area contributed by atoms with Gasteiger partial charge in [0.25, 0.3) is 0 Å². The van der Waals surface area contributed by atoms with Crippen molar-refractivity contribution in [2.24, 2.45) is 0 Å². The zero-order valence-electron chi connectivity index (χ0n) is 11.1. The third-order valence-electron chi connectivity index (χ3n) is 2.34. The number of carbonyl (C=O) groups is 2. The molecule has 0 saturated carbocycles. The topological polar surface area (TPSA) is 88.4 Å². The van der Waals surface area contributed by atoms with E-state index in [0.717, 1.165) is 20.3 Å². The van der Waals surface area contributed by atoms with Crippen molar-refractivity contribution in [1.29, 1.82) is 5.26 Å². The van der Waals surface area contributed by atoms with Crippen LogP contribution in [0.4, 0.5) is 10.1 Å². The second kappa shape index (κ2) is 7.58. The lowest BCUT2D eigenvalue weighted by molar-refractivity contribution is -0.138. The Morgan fingerprint density at radius 2 is 2.05 bits per heavy atom. The zero-order valence-corrected chi connectivity index (χ0v) is 13.2. The maximum atomic E-state index is 13.8. The van der Waals surface area contributed by atoms with Crippen molar-refractivity contribution in [3.63, 3.8) is 0 Å². The summed E-state index contributed by atoms with van der Waals surface area (Å²) in [6.45, 7) is 0. The average molecular weight is 404 g/mol. The van der Waals surface area contributed by atoms with E-state index >= 15 is 0 Å². The van der Waals surface area contributed by atoms with Gasteiger partial charge in [0, 0.05) is 0 Å². The van der Waals surface area contributed by atoms with Crippen molar-refractivity contribution in [1.82, 2.24) is 0 Å². The van der Waals surface area contributed by atoms with Crippen molar-refractivity contribution in [2.45, 2.75) is 0 Å². The van der Waals surface area contributed by atoms with Crippen molar-refractivity contribution in [3.8, 4) is 6.07 Å². The lowest BCUT2D eigenvalue weighted by atomic mass is 10.1. The van der Waals surface area contributed by atoms with Crippen LogP contribution in [0.3, 0.4) is 0 Å². The lowest BCUT2D eigenvalue weighted by Gasteiger charge is -2.11. The number of nitriles is 1. The van der Waals surface area contributed by atoms with E-state index in [-0.39, 0.29) is 20.5 Å². The molecule has 0 bridgehead atoms. The summed E-state index contributed by atoms with van der Waals surface area (Å²) in [6.07, 6.45) is 0.850. The van der Waals surface area contributed by atoms with Crippen molar-refractivity contribution in [2.75, 3.05) is 19.5 Å². The molecule has 0 fully saturated rings. The van der Waals surface area contributed by atoms with Crippen molar-refractivity contribution < 1.29 is 23.5 Å². The van der Waals surface area contributed by atoms with Gasteiger partial charge in [-0.05, 0) is 34.7 Å². The fraction of sp³-hybridized carbons (Fsp3) is 0.154. The van der Waals surface area contributed by atoms with Crippen LogP contribution >= 0.6 is 22.6 Å². The summed E-state index contributed by atoms with van der Waals surface area (Å²) in [6, 6.07) is 4.53. The van der Waals surface area contributed by atoms with Gasteiger partial charge in [0.1, 0.15) is 17.3 Å². The molecule has 0 saturated heterocycles. The van der Waals surface area contributed by atoms with E-state index in [4.69, 9.17) is 5.26 Å². The van der Waals surface area contributed by atoms with Crippen LogP contribution in [-0.4, -0.2) is 26.2 Å². The van der Waals surface area contributed by atoms with Crippen LogP contribution in [-0.2, 0) is 19.1 Å². The monoisotopic (exact) mass is 404 g/mol. The number of anilines is 1. The second-order valence-corrected chi connectivity index (χ2v) is 4.76. The van der Waals surface area contributed by atoms with E-state index in [0.29, 0.717) is 0 Å². The predicted octanol–water partition coefficient (Wildman–Crippen LogP) is 1.94. The Morgan fingerprint density at radius 1 is 1.38 bits per heavy atom. The number of esters is 2. The Labute approximate surface area is 133 Å². The molecular formula is C13H10FIN2O4. The van der Waals surface area contributed by atoms with Gasteiger partial charge in [-0.15, -0.1) is 0 Å². The summed E-state index contributed by atoms with van der Waals surface area (Å²) in [7, 11) is 2.26. The van der Waals surface area contributed by atoms with E-state index < -0.39 is 17.8 Å². The van der Waals surface area contributed by atoms with Crippen molar-refractivity contribution >= 4 is 40.2 Å². The highest BCUT2D eigenvalue weighted by atomic mass is 127. The first kappa shape index (κ1) is 16.9. The zero-order chi connectivity index (χ0) is 16.0. The first-order chi connectivity index (χ1) is 9.94. The summed E-state index contributed by atoms with van der Waals surface area (Å²) in [4.78, 5) is 22.8. The number of nitrogens with one attached hydrogen (secondary N) is 1. The van der Waals surface area contributed by atoms with E-state index in [1.165, 1.54) is 12.1 Å². The largest absolute Gasteiger partial charge is 0.466 e. The van der Waals surface area contributed by atoms with E-state index in [1.54, 1.807) is 28.7 Å². The molecule has 1 rings (SSSR count). The van der Waals surface area contributed by atoms with Crippen molar-refractivity contribution in [3.05, 3.63) is 38.9 Å². The maximum absolute atomic E-state index is 13.8. The van der Waals surface area contributed by atoms with Gasteiger partial charge in [0.15, 0.2) is 5.82 Å². The minimum Gasteiger partial charge on any atom is -0.466 e. The third kappa shape index (κ3) is 4.16. The van der Waals surface area contributed by atoms with Gasteiger partial charge in [-0.3, -0.25) is 0 Å². The molecule has 0 radical (unpaired) electrons. The number of ether oxygens (including phenoxy) is 2. The molecule has 0 atom stereocenters. The molecule has 0 unspecified atom stereocenters. The van der Waals surface area contributed by atoms with Gasteiger partial charge in [0.2, 0.25) is 0 Å². The molecule has 6 nitrogen and oxygen atoms in total. The standard InChI is InChI=1S/C13H10FIN2O4/c1-20-11(18)5-10(13(19)21-2)17-9-4-3-8(15)12(14)7(9)6-16/h3-5,17H,1-2H3/b10-5+. The number of benzene rings is 1. The fourth-order valence-electron chi connectivity index (χ4n) is 1.34. The Bertz CT molecular complexity index is 652. The Balaban J connectivity index is 3.26. The number of hydrogen-bond donors (Lipinski definition) is 1. The molecule has 0 amide bonds. The Hall–Kier alpha value is -2.15. The number of carbonyl (C=O) groups excluding carboxylic acids is 2. The highest BCUT2D eigenvalue weighted by Crippen LogP contribution is 2.24. The van der Waals surface area contributed by atoms with Gasteiger partial charge >= 0.3 is 11.9 Å². The summed E-state index contributed by atoms with van der Waals surface area (Å²) >= 11 is 1.74. The van der Waals surface area contributed by atoms with Crippen LogP contribution < -0.4 is 5.32 Å². The summed E-state index contributed by atoms with van der Waals surface area (Å²) in [5.74, 6) is -2.37. The normalized spacial score (nSPS) is 10.5. The molecular weight excluding hydrogens is 394 g/mol. The molecule has 110 valence electrons. The molecule has 0 spiro atoms. The molecule has 1 aromatic carbocycles. The fourth-order valence-corrected chi connectivity index (χ4v) is 1.79. The molecule has 8 heteroatoms. The van der Waals surface area contributed by atoms with Crippen LogP contribution in [0, 0.1) is 20.7 Å². The first-order valence-electron chi connectivity index (χ1n) is 5.47. The highest BCUT2D eigenvalue weighted by Gasteiger charge is 2.17. The van der Waals surface area contributed by atoms with Gasteiger partial charge < -0.3 is 14.8 Å². The van der Waals surface area contributed by atoms with Gasteiger partial charge in [-0.25, -0.2) is 14.0 Å². The number of nitrogens with zero attached hydrogens (tertiary/aromatic N) is 1. The number of rotatable bonds is 4. The van der Waals surface area contributed by atoms with Crippen LogP contribution in [0.2, 0.25) is 0 Å². The first-order valence-corrected chi connectivity index (χ1v) is 6.55. The van der Waals surface area contributed by atoms with Gasteiger partial charge in [0.05, 0.1) is 29.6 Å². The molecule has 1 N–H and O–H groups in total. The van der Waals surface area contributed by atoms with Crippen LogP contribution in [0.25, 0.3) is 0 Å². The molecule has 0 aliphatic rings.